The highest BCUT2D eigenvalue weighted by molar-refractivity contribution is 7.98. The second-order valence-electron chi connectivity index (χ2n) is 4.14. The van der Waals surface area contributed by atoms with Crippen LogP contribution in [0.3, 0.4) is 0 Å². The molecule has 2 heteroatoms. The molecule has 0 N–H and O–H groups in total. The van der Waals surface area contributed by atoms with E-state index in [1.807, 2.05) is 0 Å². The van der Waals surface area contributed by atoms with E-state index in [9.17, 15) is 0 Å². The summed E-state index contributed by atoms with van der Waals surface area (Å²) in [6, 6.07) is 6.43. The van der Waals surface area contributed by atoms with Crippen LogP contribution in [0, 0.1) is 0 Å². The van der Waals surface area contributed by atoms with E-state index in [0.29, 0.717) is 5.92 Å². The summed E-state index contributed by atoms with van der Waals surface area (Å²) < 4.78 is 0. The van der Waals surface area contributed by atoms with Crippen molar-refractivity contribution in [3.05, 3.63) is 28.8 Å². The molecule has 0 saturated heterocycles. The van der Waals surface area contributed by atoms with Gasteiger partial charge in [-0.2, -0.15) is 0 Å². The van der Waals surface area contributed by atoms with E-state index >= 15 is 0 Å². The fraction of sp³-hybridized carbons (Fsp3) is 0.571. The molecule has 0 aliphatic heterocycles. The van der Waals surface area contributed by atoms with Gasteiger partial charge in [-0.25, -0.2) is 0 Å². The Morgan fingerprint density at radius 3 is 2.31 bits per heavy atom. The molecule has 0 aliphatic rings. The largest absolute Gasteiger partial charge is 0.128 e. The van der Waals surface area contributed by atoms with E-state index < -0.39 is 0 Å². The van der Waals surface area contributed by atoms with Crippen LogP contribution in [0.4, 0.5) is 0 Å². The number of rotatable bonds is 6. The third-order valence-electron chi connectivity index (χ3n) is 2.93. The molecule has 0 aromatic heterocycles. The maximum absolute atomic E-state index is 6.45. The first kappa shape index (κ1) is 13.9. The summed E-state index contributed by atoms with van der Waals surface area (Å²) in [4.78, 5) is 1.20. The van der Waals surface area contributed by atoms with Gasteiger partial charge >= 0.3 is 0 Å². The van der Waals surface area contributed by atoms with Crippen LogP contribution < -0.4 is 0 Å². The summed E-state index contributed by atoms with van der Waals surface area (Å²) in [5, 5.41) is 0.974. The monoisotopic (exact) mass is 256 g/mol. The van der Waals surface area contributed by atoms with Crippen LogP contribution in [-0.2, 0) is 0 Å². The molecule has 90 valence electrons. The van der Waals surface area contributed by atoms with E-state index in [0.717, 1.165) is 5.02 Å². The average molecular weight is 257 g/mol. The van der Waals surface area contributed by atoms with Crippen molar-refractivity contribution in [1.29, 1.82) is 0 Å². The molecule has 1 aromatic carbocycles. The maximum Gasteiger partial charge on any atom is 0.0576 e. The van der Waals surface area contributed by atoms with Crippen molar-refractivity contribution in [3.63, 3.8) is 0 Å². The first-order valence-electron chi connectivity index (χ1n) is 6.06. The van der Waals surface area contributed by atoms with Crippen molar-refractivity contribution in [2.45, 2.75) is 50.3 Å². The molecule has 0 atom stereocenters. The Kier molecular flexibility index (Phi) is 6.30. The van der Waals surface area contributed by atoms with Crippen molar-refractivity contribution in [2.24, 2.45) is 0 Å². The fourth-order valence-electron chi connectivity index (χ4n) is 2.15. The van der Waals surface area contributed by atoms with Crippen molar-refractivity contribution in [2.75, 3.05) is 6.26 Å². The molecule has 1 rings (SSSR count). The number of hydrogen-bond donors (Lipinski definition) is 0. The molecule has 0 bridgehead atoms. The molecule has 0 nitrogen and oxygen atoms in total. The van der Waals surface area contributed by atoms with Gasteiger partial charge in [-0.05, 0) is 36.6 Å². The second kappa shape index (κ2) is 7.24. The van der Waals surface area contributed by atoms with Crippen LogP contribution in [0.15, 0.2) is 23.1 Å². The summed E-state index contributed by atoms with van der Waals surface area (Å²) in [7, 11) is 0. The van der Waals surface area contributed by atoms with Crippen molar-refractivity contribution in [3.8, 4) is 0 Å². The van der Waals surface area contributed by atoms with Crippen molar-refractivity contribution in [1.82, 2.24) is 0 Å². The minimum absolute atomic E-state index is 0.634. The third kappa shape index (κ3) is 3.43. The maximum atomic E-state index is 6.45. The zero-order valence-corrected chi connectivity index (χ0v) is 12.0. The average Bonchev–Trinajstić information content (AvgIpc) is 2.29. The number of halogens is 1. The molecule has 0 spiro atoms. The summed E-state index contributed by atoms with van der Waals surface area (Å²) in [5.41, 5.74) is 1.34. The Bertz CT molecular complexity index is 317. The number of thioether (sulfide) groups is 1. The second-order valence-corrected chi connectivity index (χ2v) is 5.36. The van der Waals surface area contributed by atoms with Crippen LogP contribution in [0.25, 0.3) is 0 Å². The van der Waals surface area contributed by atoms with Crippen molar-refractivity contribution >= 4 is 23.4 Å². The minimum atomic E-state index is 0.634. The summed E-state index contributed by atoms with van der Waals surface area (Å²) in [6.07, 6.45) is 7.02. The predicted octanol–water partition coefficient (Wildman–Crippen LogP) is 5.75. The summed E-state index contributed by atoms with van der Waals surface area (Å²) >= 11 is 8.19. The minimum Gasteiger partial charge on any atom is -0.128 e. The Morgan fingerprint density at radius 1 is 1.19 bits per heavy atom. The van der Waals surface area contributed by atoms with Gasteiger partial charge in [-0.15, -0.1) is 11.8 Å². The van der Waals surface area contributed by atoms with Gasteiger partial charge in [0.25, 0.3) is 0 Å². The van der Waals surface area contributed by atoms with Gasteiger partial charge < -0.3 is 0 Å². The molecule has 0 radical (unpaired) electrons. The van der Waals surface area contributed by atoms with Gasteiger partial charge in [0.05, 0.1) is 5.02 Å². The number of hydrogen-bond acceptors (Lipinski definition) is 1. The number of benzene rings is 1. The Labute approximate surface area is 109 Å². The first-order valence-corrected chi connectivity index (χ1v) is 7.67. The Balaban J connectivity index is 2.98. The standard InChI is InChI=1S/C14H21ClS/c1-4-7-11(8-5-2)12-9-6-10-13(16-3)14(12)15/h6,9-11H,4-5,7-8H2,1-3H3. The lowest BCUT2D eigenvalue weighted by molar-refractivity contribution is 0.560. The molecule has 1 aromatic rings. The van der Waals surface area contributed by atoms with Gasteiger partial charge in [0.2, 0.25) is 0 Å². The van der Waals surface area contributed by atoms with Gasteiger partial charge in [-0.3, -0.25) is 0 Å². The predicted molar refractivity (Wildman–Crippen MR) is 75.8 cm³/mol. The molecule has 0 fully saturated rings. The summed E-state index contributed by atoms with van der Waals surface area (Å²) in [5.74, 6) is 0.634. The molecular weight excluding hydrogens is 236 g/mol. The highest BCUT2D eigenvalue weighted by Gasteiger charge is 2.14. The Morgan fingerprint density at radius 2 is 1.81 bits per heavy atom. The fourth-order valence-corrected chi connectivity index (χ4v) is 3.18. The van der Waals surface area contributed by atoms with E-state index in [2.05, 4.69) is 38.3 Å². The molecule has 0 saturated carbocycles. The lowest BCUT2D eigenvalue weighted by atomic mass is 9.90. The normalized spacial score (nSPS) is 11.1. The quantitative estimate of drug-likeness (QED) is 0.585. The van der Waals surface area contributed by atoms with Crippen molar-refractivity contribution < 1.29 is 0 Å². The molecule has 0 heterocycles. The molecular formula is C14H21ClS. The zero-order chi connectivity index (χ0) is 12.0. The van der Waals surface area contributed by atoms with Crippen LogP contribution in [0.1, 0.15) is 51.0 Å². The highest BCUT2D eigenvalue weighted by atomic mass is 35.5. The topological polar surface area (TPSA) is 0 Å². The molecule has 0 unspecified atom stereocenters. The van der Waals surface area contributed by atoms with Gasteiger partial charge in [0.15, 0.2) is 0 Å². The lowest BCUT2D eigenvalue weighted by Crippen LogP contribution is -1.99. The smallest absolute Gasteiger partial charge is 0.0576 e. The van der Waals surface area contributed by atoms with E-state index in [4.69, 9.17) is 11.6 Å². The first-order chi connectivity index (χ1) is 7.74. The van der Waals surface area contributed by atoms with E-state index in [1.165, 1.54) is 36.1 Å². The van der Waals surface area contributed by atoms with E-state index in [1.54, 1.807) is 11.8 Å². The van der Waals surface area contributed by atoms with Crippen LogP contribution in [0.2, 0.25) is 5.02 Å². The Hall–Kier alpha value is -0.140. The van der Waals surface area contributed by atoms with E-state index in [-0.39, 0.29) is 0 Å². The van der Waals surface area contributed by atoms with Crippen LogP contribution in [0.5, 0.6) is 0 Å². The van der Waals surface area contributed by atoms with Crippen LogP contribution in [-0.4, -0.2) is 6.26 Å². The third-order valence-corrected chi connectivity index (χ3v) is 4.24. The van der Waals surface area contributed by atoms with Gasteiger partial charge in [0.1, 0.15) is 0 Å². The highest BCUT2D eigenvalue weighted by Crippen LogP contribution is 2.36. The van der Waals surface area contributed by atoms with Gasteiger partial charge in [0, 0.05) is 4.90 Å². The van der Waals surface area contributed by atoms with Gasteiger partial charge in [-0.1, -0.05) is 50.4 Å². The summed E-state index contributed by atoms with van der Waals surface area (Å²) in [6.45, 7) is 4.49. The van der Waals surface area contributed by atoms with Crippen LogP contribution >= 0.6 is 23.4 Å². The SMILES string of the molecule is CCCC(CCC)c1cccc(SC)c1Cl. The zero-order valence-electron chi connectivity index (χ0n) is 10.4. The molecule has 0 aliphatic carbocycles. The molecule has 0 amide bonds. The lowest BCUT2D eigenvalue weighted by Gasteiger charge is -2.18. The molecule has 16 heavy (non-hydrogen) atoms.